The molecule has 4 aromatic rings. The molecular formula is C19H15ClN4O2. The molecule has 1 amide bonds. The Morgan fingerprint density at radius 1 is 1.23 bits per heavy atom. The third-order valence-corrected chi connectivity index (χ3v) is 4.62. The number of nitrogens with zero attached hydrogens (tertiary/aromatic N) is 3. The molecule has 0 aliphatic heterocycles. The predicted octanol–water partition coefficient (Wildman–Crippen LogP) is 3.81. The Labute approximate surface area is 154 Å². The summed E-state index contributed by atoms with van der Waals surface area (Å²) in [4.78, 5) is 16.6. The first-order chi connectivity index (χ1) is 12.6. The molecule has 0 radical (unpaired) electrons. The van der Waals surface area contributed by atoms with E-state index in [1.807, 2.05) is 60.1 Å². The van der Waals surface area contributed by atoms with E-state index >= 15 is 0 Å². The number of nitrogens with one attached hydrogen (secondary N) is 1. The number of carbonyl (C=O) groups excluding carboxylic acids is 1. The van der Waals surface area contributed by atoms with Crippen LogP contribution in [0.5, 0.6) is 0 Å². The van der Waals surface area contributed by atoms with Crippen LogP contribution in [-0.4, -0.2) is 20.6 Å². The Hall–Kier alpha value is -3.12. The molecule has 0 aliphatic carbocycles. The second-order valence-corrected chi connectivity index (χ2v) is 6.30. The zero-order chi connectivity index (χ0) is 18.1. The van der Waals surface area contributed by atoms with Crippen LogP contribution in [0.25, 0.3) is 22.3 Å². The number of amides is 1. The maximum Gasteiger partial charge on any atom is 0.268 e. The van der Waals surface area contributed by atoms with Crippen LogP contribution < -0.4 is 5.32 Å². The third-order valence-electron chi connectivity index (χ3n) is 4.29. The molecule has 2 heterocycles. The molecule has 7 heteroatoms. The van der Waals surface area contributed by atoms with E-state index in [4.69, 9.17) is 16.1 Å². The predicted molar refractivity (Wildman–Crippen MR) is 98.8 cm³/mol. The summed E-state index contributed by atoms with van der Waals surface area (Å²) in [6.07, 6.45) is 1.29. The molecule has 1 N–H and O–H groups in total. The quantitative estimate of drug-likeness (QED) is 0.596. The van der Waals surface area contributed by atoms with Crippen molar-refractivity contribution in [2.24, 2.45) is 7.05 Å². The summed E-state index contributed by atoms with van der Waals surface area (Å²) >= 11 is 6.22. The number of halogens is 1. The standard InChI is InChI=1S/C19H15ClN4O2/c1-24-16-4-2-3-15(20)14(16)9-17(24)19(25)21-10-12-5-7-13(8-6-12)18-22-11-26-23-18/h2-9,11H,10H2,1H3,(H,21,25). The highest BCUT2D eigenvalue weighted by Crippen LogP contribution is 2.26. The van der Waals surface area contributed by atoms with Gasteiger partial charge in [0.05, 0.1) is 0 Å². The normalized spacial score (nSPS) is 11.0. The minimum absolute atomic E-state index is 0.151. The van der Waals surface area contributed by atoms with E-state index in [0.717, 1.165) is 22.0 Å². The van der Waals surface area contributed by atoms with Crippen LogP contribution in [0, 0.1) is 0 Å². The number of carbonyl (C=O) groups is 1. The largest absolute Gasteiger partial charge is 0.347 e. The molecule has 0 spiro atoms. The average Bonchev–Trinajstić information content (AvgIpc) is 3.30. The molecule has 0 bridgehead atoms. The number of hydrogen-bond acceptors (Lipinski definition) is 4. The fourth-order valence-electron chi connectivity index (χ4n) is 2.88. The Kier molecular flexibility index (Phi) is 4.18. The van der Waals surface area contributed by atoms with E-state index in [9.17, 15) is 4.79 Å². The smallest absolute Gasteiger partial charge is 0.268 e. The van der Waals surface area contributed by atoms with Gasteiger partial charge in [-0.2, -0.15) is 4.98 Å². The molecule has 4 rings (SSSR count). The van der Waals surface area contributed by atoms with Gasteiger partial charge in [-0.05, 0) is 23.8 Å². The van der Waals surface area contributed by atoms with Crippen LogP contribution in [0.1, 0.15) is 16.1 Å². The number of aromatic nitrogens is 3. The zero-order valence-electron chi connectivity index (χ0n) is 13.9. The van der Waals surface area contributed by atoms with Crippen LogP contribution in [0.2, 0.25) is 5.02 Å². The summed E-state index contributed by atoms with van der Waals surface area (Å²) < 4.78 is 6.58. The van der Waals surface area contributed by atoms with Gasteiger partial charge < -0.3 is 14.4 Å². The van der Waals surface area contributed by atoms with Gasteiger partial charge in [-0.25, -0.2) is 0 Å². The fourth-order valence-corrected chi connectivity index (χ4v) is 3.11. The minimum Gasteiger partial charge on any atom is -0.347 e. The summed E-state index contributed by atoms with van der Waals surface area (Å²) in [7, 11) is 1.85. The van der Waals surface area contributed by atoms with Gasteiger partial charge in [0.15, 0.2) is 0 Å². The van der Waals surface area contributed by atoms with Crippen LogP contribution in [0.3, 0.4) is 0 Å². The molecule has 130 valence electrons. The van der Waals surface area contributed by atoms with Gasteiger partial charge in [0.2, 0.25) is 12.2 Å². The second-order valence-electron chi connectivity index (χ2n) is 5.90. The summed E-state index contributed by atoms with van der Waals surface area (Å²) in [5.41, 5.74) is 3.32. The summed E-state index contributed by atoms with van der Waals surface area (Å²) in [5, 5.41) is 8.24. The molecule has 0 saturated heterocycles. The molecule has 6 nitrogen and oxygen atoms in total. The van der Waals surface area contributed by atoms with Crippen molar-refractivity contribution in [1.82, 2.24) is 20.0 Å². The third kappa shape index (κ3) is 2.95. The lowest BCUT2D eigenvalue weighted by Crippen LogP contribution is -2.24. The molecular weight excluding hydrogens is 352 g/mol. The van der Waals surface area contributed by atoms with Gasteiger partial charge in [0.25, 0.3) is 5.91 Å². The molecule has 0 unspecified atom stereocenters. The van der Waals surface area contributed by atoms with Crippen molar-refractivity contribution in [3.05, 3.63) is 71.2 Å². The van der Waals surface area contributed by atoms with Gasteiger partial charge in [-0.15, -0.1) is 0 Å². The first kappa shape index (κ1) is 16.4. The number of benzene rings is 2. The Morgan fingerprint density at radius 3 is 2.73 bits per heavy atom. The highest BCUT2D eigenvalue weighted by Gasteiger charge is 2.14. The van der Waals surface area contributed by atoms with Gasteiger partial charge in [-0.1, -0.05) is 47.1 Å². The number of hydrogen-bond donors (Lipinski definition) is 1. The van der Waals surface area contributed by atoms with Gasteiger partial charge in [-0.3, -0.25) is 4.79 Å². The first-order valence-corrected chi connectivity index (χ1v) is 8.39. The fraction of sp³-hybridized carbons (Fsp3) is 0.105. The van der Waals surface area contributed by atoms with E-state index in [1.54, 1.807) is 0 Å². The van der Waals surface area contributed by atoms with E-state index in [1.165, 1.54) is 6.39 Å². The number of rotatable bonds is 4. The topological polar surface area (TPSA) is 73.0 Å². The van der Waals surface area contributed by atoms with Crippen LogP contribution in [0.4, 0.5) is 0 Å². The Morgan fingerprint density at radius 2 is 2.04 bits per heavy atom. The summed E-state index contributed by atoms with van der Waals surface area (Å²) in [6, 6.07) is 15.1. The molecule has 2 aromatic carbocycles. The van der Waals surface area contributed by atoms with E-state index in [2.05, 4.69) is 15.5 Å². The maximum absolute atomic E-state index is 12.6. The van der Waals surface area contributed by atoms with Crippen molar-refractivity contribution < 1.29 is 9.32 Å². The lowest BCUT2D eigenvalue weighted by atomic mass is 10.1. The molecule has 2 aromatic heterocycles. The van der Waals surface area contributed by atoms with Crippen molar-refractivity contribution in [1.29, 1.82) is 0 Å². The van der Waals surface area contributed by atoms with Crippen LogP contribution >= 0.6 is 11.6 Å². The lowest BCUT2D eigenvalue weighted by molar-refractivity contribution is 0.0943. The van der Waals surface area contributed by atoms with Crippen LogP contribution in [-0.2, 0) is 13.6 Å². The molecule has 0 fully saturated rings. The SMILES string of the molecule is Cn1c(C(=O)NCc2ccc(-c3ncon3)cc2)cc2c(Cl)cccc21. The number of aryl methyl sites for hydroxylation is 1. The van der Waals surface area contributed by atoms with Crippen molar-refractivity contribution >= 4 is 28.4 Å². The maximum atomic E-state index is 12.6. The van der Waals surface area contributed by atoms with Crippen molar-refractivity contribution in [3.8, 4) is 11.4 Å². The van der Waals surface area contributed by atoms with Gasteiger partial charge in [0, 0.05) is 35.1 Å². The van der Waals surface area contributed by atoms with E-state index < -0.39 is 0 Å². The van der Waals surface area contributed by atoms with Crippen molar-refractivity contribution in [2.75, 3.05) is 0 Å². The van der Waals surface area contributed by atoms with Gasteiger partial charge >= 0.3 is 0 Å². The average molecular weight is 367 g/mol. The van der Waals surface area contributed by atoms with E-state index in [0.29, 0.717) is 23.1 Å². The molecule has 26 heavy (non-hydrogen) atoms. The molecule has 0 saturated carbocycles. The van der Waals surface area contributed by atoms with Crippen molar-refractivity contribution in [3.63, 3.8) is 0 Å². The Bertz CT molecular complexity index is 1070. The number of fused-ring (bicyclic) bond motifs is 1. The first-order valence-electron chi connectivity index (χ1n) is 8.01. The van der Waals surface area contributed by atoms with Crippen LogP contribution in [0.15, 0.2) is 59.4 Å². The highest BCUT2D eigenvalue weighted by atomic mass is 35.5. The zero-order valence-corrected chi connectivity index (χ0v) is 14.7. The summed E-state index contributed by atoms with van der Waals surface area (Å²) in [5.74, 6) is 0.384. The Balaban J connectivity index is 1.49. The molecule has 0 atom stereocenters. The van der Waals surface area contributed by atoms with Crippen molar-refractivity contribution in [2.45, 2.75) is 6.54 Å². The highest BCUT2D eigenvalue weighted by molar-refractivity contribution is 6.35. The lowest BCUT2D eigenvalue weighted by Gasteiger charge is -2.07. The monoisotopic (exact) mass is 366 g/mol. The molecule has 0 aliphatic rings. The summed E-state index contributed by atoms with van der Waals surface area (Å²) in [6.45, 7) is 0.417. The van der Waals surface area contributed by atoms with E-state index in [-0.39, 0.29) is 5.91 Å². The van der Waals surface area contributed by atoms with Gasteiger partial charge in [0.1, 0.15) is 5.69 Å². The second kappa shape index (κ2) is 6.65. The minimum atomic E-state index is -0.151.